The van der Waals surface area contributed by atoms with E-state index in [9.17, 15) is 9.90 Å². The van der Waals surface area contributed by atoms with Crippen molar-refractivity contribution in [1.29, 1.82) is 0 Å². The molecule has 5 heteroatoms. The van der Waals surface area contributed by atoms with E-state index in [-0.39, 0.29) is 17.9 Å². The van der Waals surface area contributed by atoms with Crippen LogP contribution in [0.2, 0.25) is 0 Å². The number of carbonyl (C=O) groups is 1. The van der Waals surface area contributed by atoms with Crippen LogP contribution < -0.4 is 5.32 Å². The molecule has 1 aliphatic rings. The molecule has 0 spiro atoms. The first-order valence-electron chi connectivity index (χ1n) is 8.06. The molecule has 0 aliphatic heterocycles. The minimum Gasteiger partial charge on any atom is -0.441 e. The Morgan fingerprint density at radius 1 is 1.17 bits per heavy atom. The summed E-state index contributed by atoms with van der Waals surface area (Å²) in [5.41, 5.74) is 2.54. The summed E-state index contributed by atoms with van der Waals surface area (Å²) in [7, 11) is 0. The van der Waals surface area contributed by atoms with Crippen LogP contribution in [-0.2, 0) is 4.79 Å². The van der Waals surface area contributed by atoms with Crippen molar-refractivity contribution in [3.8, 4) is 11.5 Å². The van der Waals surface area contributed by atoms with Crippen LogP contribution in [0, 0.1) is 19.8 Å². The maximum absolute atomic E-state index is 12.3. The minimum absolute atomic E-state index is 0.00452. The SMILES string of the molecule is Cc1nc(-c2ccc(NC(=O)C3CCC(O)CC3)cc2)oc1C. The third kappa shape index (κ3) is 3.62. The molecule has 2 aromatic rings. The molecule has 1 heterocycles. The monoisotopic (exact) mass is 314 g/mol. The maximum Gasteiger partial charge on any atom is 0.227 e. The molecule has 0 radical (unpaired) electrons. The molecule has 0 atom stereocenters. The lowest BCUT2D eigenvalue weighted by Crippen LogP contribution is -2.28. The highest BCUT2D eigenvalue weighted by molar-refractivity contribution is 5.92. The van der Waals surface area contributed by atoms with Gasteiger partial charge in [0.1, 0.15) is 5.76 Å². The first-order valence-corrected chi connectivity index (χ1v) is 8.06. The average Bonchev–Trinajstić information content (AvgIpc) is 2.88. The van der Waals surface area contributed by atoms with Crippen LogP contribution in [0.25, 0.3) is 11.5 Å². The van der Waals surface area contributed by atoms with E-state index < -0.39 is 0 Å². The Bertz CT molecular complexity index is 663. The topological polar surface area (TPSA) is 75.4 Å². The number of nitrogens with zero attached hydrogens (tertiary/aromatic N) is 1. The molecular formula is C18H22N2O3. The number of anilines is 1. The third-order valence-corrected chi connectivity index (χ3v) is 4.50. The lowest BCUT2D eigenvalue weighted by atomic mass is 9.87. The van der Waals surface area contributed by atoms with Crippen molar-refractivity contribution >= 4 is 11.6 Å². The fourth-order valence-corrected chi connectivity index (χ4v) is 2.87. The Balaban J connectivity index is 1.64. The predicted octanol–water partition coefficient (Wildman–Crippen LogP) is 3.45. The fourth-order valence-electron chi connectivity index (χ4n) is 2.87. The predicted molar refractivity (Wildman–Crippen MR) is 88.0 cm³/mol. The molecule has 5 nitrogen and oxygen atoms in total. The van der Waals surface area contributed by atoms with E-state index in [1.165, 1.54) is 0 Å². The minimum atomic E-state index is -0.244. The van der Waals surface area contributed by atoms with E-state index in [4.69, 9.17) is 4.42 Å². The standard InChI is InChI=1S/C18H22N2O3/c1-11-12(2)23-18(19-11)14-3-7-15(8-4-14)20-17(22)13-5-9-16(21)10-6-13/h3-4,7-8,13,16,21H,5-6,9-10H2,1-2H3,(H,20,22). The molecule has 1 aromatic carbocycles. The van der Waals surface area contributed by atoms with Crippen molar-refractivity contribution in [2.24, 2.45) is 5.92 Å². The summed E-state index contributed by atoms with van der Waals surface area (Å²) in [4.78, 5) is 16.6. The molecular weight excluding hydrogens is 292 g/mol. The van der Waals surface area contributed by atoms with Gasteiger partial charge in [-0.05, 0) is 63.8 Å². The zero-order valence-corrected chi connectivity index (χ0v) is 13.5. The highest BCUT2D eigenvalue weighted by Gasteiger charge is 2.25. The number of aromatic nitrogens is 1. The second kappa shape index (κ2) is 6.54. The molecule has 1 aromatic heterocycles. The van der Waals surface area contributed by atoms with Gasteiger partial charge in [-0.2, -0.15) is 0 Å². The molecule has 1 saturated carbocycles. The number of carbonyl (C=O) groups excluding carboxylic acids is 1. The van der Waals surface area contributed by atoms with E-state index >= 15 is 0 Å². The van der Waals surface area contributed by atoms with Crippen molar-refractivity contribution in [2.75, 3.05) is 5.32 Å². The molecule has 122 valence electrons. The summed E-state index contributed by atoms with van der Waals surface area (Å²) in [6.07, 6.45) is 2.67. The number of aryl methyl sites for hydroxylation is 2. The molecule has 1 amide bonds. The highest BCUT2D eigenvalue weighted by atomic mass is 16.4. The van der Waals surface area contributed by atoms with Gasteiger partial charge in [0.25, 0.3) is 0 Å². The number of hydrogen-bond acceptors (Lipinski definition) is 4. The van der Waals surface area contributed by atoms with Gasteiger partial charge in [-0.25, -0.2) is 4.98 Å². The molecule has 0 saturated heterocycles. The molecule has 23 heavy (non-hydrogen) atoms. The zero-order valence-electron chi connectivity index (χ0n) is 13.5. The van der Waals surface area contributed by atoms with Gasteiger partial charge in [0, 0.05) is 17.2 Å². The van der Waals surface area contributed by atoms with Crippen LogP contribution in [0.1, 0.15) is 37.1 Å². The van der Waals surface area contributed by atoms with Gasteiger partial charge in [-0.15, -0.1) is 0 Å². The smallest absolute Gasteiger partial charge is 0.227 e. The maximum atomic E-state index is 12.3. The van der Waals surface area contributed by atoms with E-state index in [1.54, 1.807) is 0 Å². The van der Waals surface area contributed by atoms with Crippen LogP contribution >= 0.6 is 0 Å². The normalized spacial score (nSPS) is 21.2. The molecule has 2 N–H and O–H groups in total. The zero-order chi connectivity index (χ0) is 16.4. The first kappa shape index (κ1) is 15.7. The van der Waals surface area contributed by atoms with Crippen molar-refractivity contribution in [1.82, 2.24) is 4.98 Å². The number of hydrogen-bond donors (Lipinski definition) is 2. The number of aliphatic hydroxyl groups excluding tert-OH is 1. The number of amides is 1. The number of rotatable bonds is 3. The summed E-state index contributed by atoms with van der Waals surface area (Å²) in [5, 5.41) is 12.5. The van der Waals surface area contributed by atoms with E-state index in [0.717, 1.165) is 35.5 Å². The third-order valence-electron chi connectivity index (χ3n) is 4.50. The van der Waals surface area contributed by atoms with Crippen LogP contribution in [0.4, 0.5) is 5.69 Å². The lowest BCUT2D eigenvalue weighted by Gasteiger charge is -2.24. The number of aliphatic hydroxyl groups is 1. The van der Waals surface area contributed by atoms with Crippen LogP contribution in [-0.4, -0.2) is 22.1 Å². The molecule has 0 unspecified atom stereocenters. The second-order valence-corrected chi connectivity index (χ2v) is 6.23. The first-order chi connectivity index (χ1) is 11.0. The number of oxazole rings is 1. The van der Waals surface area contributed by atoms with E-state index in [1.807, 2.05) is 38.1 Å². The molecule has 1 aliphatic carbocycles. The lowest BCUT2D eigenvalue weighted by molar-refractivity contribution is -0.121. The number of benzene rings is 1. The summed E-state index contributed by atoms with van der Waals surface area (Å²) < 4.78 is 5.60. The van der Waals surface area contributed by atoms with Crippen molar-refractivity contribution in [3.05, 3.63) is 35.7 Å². The Morgan fingerprint density at radius 2 is 1.83 bits per heavy atom. The van der Waals surface area contributed by atoms with Crippen LogP contribution in [0.15, 0.2) is 28.7 Å². The summed E-state index contributed by atoms with van der Waals surface area (Å²) in [5.74, 6) is 1.44. The summed E-state index contributed by atoms with van der Waals surface area (Å²) in [6, 6.07) is 7.51. The van der Waals surface area contributed by atoms with Crippen LogP contribution in [0.5, 0.6) is 0 Å². The Labute approximate surface area is 135 Å². The largest absolute Gasteiger partial charge is 0.441 e. The van der Waals surface area contributed by atoms with Crippen molar-refractivity contribution in [3.63, 3.8) is 0 Å². The van der Waals surface area contributed by atoms with Gasteiger partial charge in [0.2, 0.25) is 11.8 Å². The highest BCUT2D eigenvalue weighted by Crippen LogP contribution is 2.26. The van der Waals surface area contributed by atoms with Gasteiger partial charge >= 0.3 is 0 Å². The number of nitrogens with one attached hydrogen (secondary N) is 1. The molecule has 1 fully saturated rings. The quantitative estimate of drug-likeness (QED) is 0.910. The second-order valence-electron chi connectivity index (χ2n) is 6.23. The van der Waals surface area contributed by atoms with Gasteiger partial charge in [-0.3, -0.25) is 4.79 Å². The van der Waals surface area contributed by atoms with Crippen molar-refractivity contribution < 1.29 is 14.3 Å². The van der Waals surface area contributed by atoms with E-state index in [2.05, 4.69) is 10.3 Å². The van der Waals surface area contributed by atoms with Gasteiger partial charge in [-0.1, -0.05) is 0 Å². The molecule has 3 rings (SSSR count). The average molecular weight is 314 g/mol. The van der Waals surface area contributed by atoms with E-state index in [0.29, 0.717) is 18.7 Å². The Hall–Kier alpha value is -2.14. The van der Waals surface area contributed by atoms with Crippen LogP contribution in [0.3, 0.4) is 0 Å². The van der Waals surface area contributed by atoms with Crippen molar-refractivity contribution in [2.45, 2.75) is 45.6 Å². The Kier molecular flexibility index (Phi) is 4.48. The molecule has 0 bridgehead atoms. The summed E-state index contributed by atoms with van der Waals surface area (Å²) >= 11 is 0. The summed E-state index contributed by atoms with van der Waals surface area (Å²) in [6.45, 7) is 3.81. The fraction of sp³-hybridized carbons (Fsp3) is 0.444. The van der Waals surface area contributed by atoms with Gasteiger partial charge < -0.3 is 14.8 Å². The van der Waals surface area contributed by atoms with Gasteiger partial charge in [0.05, 0.1) is 11.8 Å². The van der Waals surface area contributed by atoms with Gasteiger partial charge in [0.15, 0.2) is 0 Å². The Morgan fingerprint density at radius 3 is 2.39 bits per heavy atom.